The summed E-state index contributed by atoms with van der Waals surface area (Å²) in [5.41, 5.74) is 2.71. The fourth-order valence-electron chi connectivity index (χ4n) is 4.69. The van der Waals surface area contributed by atoms with Crippen LogP contribution in [0.4, 0.5) is 0 Å². The minimum Gasteiger partial charge on any atom is -0.357 e. The van der Waals surface area contributed by atoms with Crippen molar-refractivity contribution >= 4 is 11.9 Å². The molecule has 178 valence electrons. The van der Waals surface area contributed by atoms with Gasteiger partial charge < -0.3 is 15.5 Å². The van der Waals surface area contributed by atoms with E-state index >= 15 is 0 Å². The molecule has 1 aromatic rings. The number of carbonyl (C=O) groups excluding carboxylic acids is 1. The topological polar surface area (TPSA) is 60.0 Å². The van der Waals surface area contributed by atoms with Crippen molar-refractivity contribution in [3.63, 3.8) is 0 Å². The van der Waals surface area contributed by atoms with Crippen molar-refractivity contribution in [3.8, 4) is 0 Å². The van der Waals surface area contributed by atoms with E-state index < -0.39 is 0 Å². The molecule has 32 heavy (non-hydrogen) atoms. The lowest BCUT2D eigenvalue weighted by Gasteiger charge is -2.34. The number of carbonyl (C=O) groups is 1. The standard InChI is InChI=1S/C26H43N5O/c1-4-27-26(29-24-13-17-31(18-14-24)25(32)21(2)3)28-19-22-11-7-8-12-23(22)20-30-15-9-5-6-10-16-30/h7-8,11-12,21,24H,4-6,9-10,13-20H2,1-3H3,(H2,27,28,29). The van der Waals surface area contributed by atoms with Gasteiger partial charge in [0.15, 0.2) is 5.96 Å². The SMILES string of the molecule is CCNC(=NCc1ccccc1CN1CCCCCC1)NC1CCN(C(=O)C(C)C)CC1. The van der Waals surface area contributed by atoms with Gasteiger partial charge >= 0.3 is 0 Å². The number of likely N-dealkylation sites (tertiary alicyclic amines) is 2. The van der Waals surface area contributed by atoms with Crippen molar-refractivity contribution in [1.82, 2.24) is 20.4 Å². The van der Waals surface area contributed by atoms with Crippen molar-refractivity contribution in [2.45, 2.75) is 78.4 Å². The second kappa shape index (κ2) is 12.8. The summed E-state index contributed by atoms with van der Waals surface area (Å²) >= 11 is 0. The van der Waals surface area contributed by atoms with Crippen molar-refractivity contribution in [3.05, 3.63) is 35.4 Å². The van der Waals surface area contributed by atoms with Crippen LogP contribution in [0.3, 0.4) is 0 Å². The Kier molecular flexibility index (Phi) is 9.85. The molecule has 1 aromatic carbocycles. The van der Waals surface area contributed by atoms with Crippen molar-refractivity contribution in [1.29, 1.82) is 0 Å². The van der Waals surface area contributed by atoms with Crippen LogP contribution in [-0.4, -0.2) is 60.4 Å². The first-order valence-corrected chi connectivity index (χ1v) is 12.7. The smallest absolute Gasteiger partial charge is 0.225 e. The number of hydrogen-bond acceptors (Lipinski definition) is 3. The molecule has 0 spiro atoms. The molecule has 0 bridgehead atoms. The van der Waals surface area contributed by atoms with Gasteiger partial charge in [-0.3, -0.25) is 9.69 Å². The molecule has 3 rings (SSSR count). The summed E-state index contributed by atoms with van der Waals surface area (Å²) in [5, 5.41) is 7.02. The first-order valence-electron chi connectivity index (χ1n) is 12.7. The molecule has 6 heteroatoms. The largest absolute Gasteiger partial charge is 0.357 e. The minimum absolute atomic E-state index is 0.0766. The summed E-state index contributed by atoms with van der Waals surface area (Å²) in [6.07, 6.45) is 7.30. The van der Waals surface area contributed by atoms with Crippen LogP contribution in [-0.2, 0) is 17.9 Å². The molecule has 2 N–H and O–H groups in total. The summed E-state index contributed by atoms with van der Waals surface area (Å²) in [4.78, 5) is 21.8. The van der Waals surface area contributed by atoms with E-state index in [1.807, 2.05) is 18.7 Å². The van der Waals surface area contributed by atoms with Crippen LogP contribution < -0.4 is 10.6 Å². The Labute approximate surface area is 194 Å². The number of benzene rings is 1. The molecule has 2 aliphatic heterocycles. The lowest BCUT2D eigenvalue weighted by atomic mass is 10.0. The van der Waals surface area contributed by atoms with Gasteiger partial charge in [0.2, 0.25) is 5.91 Å². The lowest BCUT2D eigenvalue weighted by Crippen LogP contribution is -2.50. The monoisotopic (exact) mass is 441 g/mol. The third kappa shape index (κ3) is 7.51. The van der Waals surface area contributed by atoms with Crippen LogP contribution in [0, 0.1) is 5.92 Å². The predicted octanol–water partition coefficient (Wildman–Crippen LogP) is 3.76. The molecule has 0 radical (unpaired) electrons. The fraction of sp³-hybridized carbons (Fsp3) is 0.692. The zero-order valence-electron chi connectivity index (χ0n) is 20.4. The Morgan fingerprint density at radius 1 is 1.03 bits per heavy atom. The van der Waals surface area contributed by atoms with Crippen LogP contribution in [0.1, 0.15) is 70.4 Å². The number of guanidine groups is 1. The summed E-state index contributed by atoms with van der Waals surface area (Å²) in [5.74, 6) is 1.23. The average molecular weight is 442 g/mol. The molecule has 0 aliphatic carbocycles. The molecule has 2 fully saturated rings. The molecule has 2 saturated heterocycles. The highest BCUT2D eigenvalue weighted by atomic mass is 16.2. The van der Waals surface area contributed by atoms with E-state index in [1.165, 1.54) is 49.9 Å². The Bertz CT molecular complexity index is 731. The van der Waals surface area contributed by atoms with E-state index in [9.17, 15) is 4.79 Å². The van der Waals surface area contributed by atoms with E-state index in [4.69, 9.17) is 4.99 Å². The van der Waals surface area contributed by atoms with Gasteiger partial charge in [0.1, 0.15) is 0 Å². The second-order valence-corrected chi connectivity index (χ2v) is 9.55. The van der Waals surface area contributed by atoms with Crippen LogP contribution in [0.5, 0.6) is 0 Å². The van der Waals surface area contributed by atoms with Crippen molar-refractivity contribution < 1.29 is 4.79 Å². The summed E-state index contributed by atoms with van der Waals surface area (Å²) in [7, 11) is 0. The van der Waals surface area contributed by atoms with E-state index in [0.717, 1.165) is 45.0 Å². The Balaban J connectivity index is 1.58. The minimum atomic E-state index is 0.0766. The van der Waals surface area contributed by atoms with Crippen molar-refractivity contribution in [2.24, 2.45) is 10.9 Å². The molecule has 0 aromatic heterocycles. The number of amides is 1. The Hall–Kier alpha value is -2.08. The van der Waals surface area contributed by atoms with Gasteiger partial charge in [-0.1, -0.05) is 51.0 Å². The van der Waals surface area contributed by atoms with Crippen LogP contribution in [0.2, 0.25) is 0 Å². The van der Waals surface area contributed by atoms with Crippen molar-refractivity contribution in [2.75, 3.05) is 32.7 Å². The molecule has 2 heterocycles. The summed E-state index contributed by atoms with van der Waals surface area (Å²) in [6.45, 7) is 12.7. The Morgan fingerprint density at radius 2 is 1.69 bits per heavy atom. The van der Waals surface area contributed by atoms with Gasteiger partial charge in [-0.2, -0.15) is 0 Å². The third-order valence-electron chi connectivity index (χ3n) is 6.60. The normalized spacial score (nSPS) is 19.1. The van der Waals surface area contributed by atoms with Gasteiger partial charge in [-0.05, 0) is 56.8 Å². The van der Waals surface area contributed by atoms with Gasteiger partial charge in [-0.25, -0.2) is 4.99 Å². The average Bonchev–Trinajstić information content (AvgIpc) is 3.07. The molecule has 0 unspecified atom stereocenters. The summed E-state index contributed by atoms with van der Waals surface area (Å²) in [6, 6.07) is 9.11. The van der Waals surface area contributed by atoms with Crippen LogP contribution >= 0.6 is 0 Å². The van der Waals surface area contributed by atoms with Gasteiger partial charge in [-0.15, -0.1) is 0 Å². The zero-order valence-corrected chi connectivity index (χ0v) is 20.4. The summed E-state index contributed by atoms with van der Waals surface area (Å²) < 4.78 is 0. The van der Waals surface area contributed by atoms with E-state index in [-0.39, 0.29) is 11.8 Å². The Morgan fingerprint density at radius 3 is 2.31 bits per heavy atom. The number of nitrogens with zero attached hydrogens (tertiary/aromatic N) is 3. The number of piperidine rings is 1. The van der Waals surface area contributed by atoms with Crippen LogP contribution in [0.25, 0.3) is 0 Å². The number of nitrogens with one attached hydrogen (secondary N) is 2. The van der Waals surface area contributed by atoms with E-state index in [0.29, 0.717) is 12.6 Å². The third-order valence-corrected chi connectivity index (χ3v) is 6.60. The maximum absolute atomic E-state index is 12.2. The molecule has 2 aliphatic rings. The molecule has 0 saturated carbocycles. The number of hydrogen-bond donors (Lipinski definition) is 2. The maximum atomic E-state index is 12.2. The maximum Gasteiger partial charge on any atom is 0.225 e. The predicted molar refractivity (Wildman–Crippen MR) is 133 cm³/mol. The molecule has 1 amide bonds. The highest BCUT2D eigenvalue weighted by Gasteiger charge is 2.24. The van der Waals surface area contributed by atoms with E-state index in [1.54, 1.807) is 0 Å². The highest BCUT2D eigenvalue weighted by molar-refractivity contribution is 5.80. The number of aliphatic imine (C=N–C) groups is 1. The molecular formula is C26H43N5O. The quantitative estimate of drug-likeness (QED) is 0.500. The lowest BCUT2D eigenvalue weighted by molar-refractivity contribution is -0.135. The number of rotatable bonds is 7. The first-order chi connectivity index (χ1) is 15.6. The highest BCUT2D eigenvalue weighted by Crippen LogP contribution is 2.17. The van der Waals surface area contributed by atoms with Gasteiger partial charge in [0.25, 0.3) is 0 Å². The second-order valence-electron chi connectivity index (χ2n) is 9.55. The molecule has 6 nitrogen and oxygen atoms in total. The zero-order chi connectivity index (χ0) is 22.8. The van der Waals surface area contributed by atoms with Gasteiger partial charge in [0, 0.05) is 38.1 Å². The molecular weight excluding hydrogens is 398 g/mol. The van der Waals surface area contributed by atoms with E-state index in [2.05, 4.69) is 46.7 Å². The van der Waals surface area contributed by atoms with Crippen LogP contribution in [0.15, 0.2) is 29.3 Å². The fourth-order valence-corrected chi connectivity index (χ4v) is 4.69. The molecule has 0 atom stereocenters. The van der Waals surface area contributed by atoms with Gasteiger partial charge in [0.05, 0.1) is 6.54 Å². The first kappa shape index (κ1) is 24.6.